The molecule has 1 aliphatic heterocycles. The molecule has 4 fully saturated rings. The maximum absolute atomic E-state index is 12.9. The Morgan fingerprint density at radius 3 is 2.30 bits per heavy atom. The molecule has 3 aliphatic carbocycles. The molecule has 5 nitrogen and oxygen atoms in total. The zero-order valence-corrected chi connectivity index (χ0v) is 17.2. The van der Waals surface area contributed by atoms with Gasteiger partial charge in [-0.1, -0.05) is 12.8 Å². The van der Waals surface area contributed by atoms with Crippen LogP contribution in [-0.2, 0) is 9.59 Å². The number of nitrogens with zero attached hydrogens (tertiary/aromatic N) is 1. The lowest BCUT2D eigenvalue weighted by atomic mass is 9.85. The summed E-state index contributed by atoms with van der Waals surface area (Å²) in [6, 6.07) is 0.572. The van der Waals surface area contributed by atoms with Crippen LogP contribution in [0, 0.1) is 23.7 Å². The van der Waals surface area contributed by atoms with Crippen molar-refractivity contribution in [3.63, 3.8) is 0 Å². The molecular formula is C21H36ClN3O2. The van der Waals surface area contributed by atoms with E-state index >= 15 is 0 Å². The summed E-state index contributed by atoms with van der Waals surface area (Å²) in [5.41, 5.74) is 6.21. The molecule has 0 aromatic rings. The van der Waals surface area contributed by atoms with Crippen molar-refractivity contribution in [2.24, 2.45) is 29.4 Å². The number of carbonyl (C=O) groups is 2. The first kappa shape index (κ1) is 20.9. The smallest absolute Gasteiger partial charge is 0.225 e. The lowest BCUT2D eigenvalue weighted by Gasteiger charge is -2.31. The van der Waals surface area contributed by atoms with Crippen LogP contribution in [0.1, 0.15) is 70.6 Å². The van der Waals surface area contributed by atoms with E-state index in [0.717, 1.165) is 45.2 Å². The molecule has 154 valence electrons. The van der Waals surface area contributed by atoms with Gasteiger partial charge in [-0.25, -0.2) is 0 Å². The number of carbonyl (C=O) groups excluding carboxylic acids is 2. The van der Waals surface area contributed by atoms with Crippen LogP contribution >= 0.6 is 12.4 Å². The zero-order chi connectivity index (χ0) is 18.1. The van der Waals surface area contributed by atoms with E-state index in [2.05, 4.69) is 10.2 Å². The summed E-state index contributed by atoms with van der Waals surface area (Å²) in [5, 5.41) is 3.23. The van der Waals surface area contributed by atoms with Crippen molar-refractivity contribution in [3.05, 3.63) is 0 Å². The summed E-state index contributed by atoms with van der Waals surface area (Å²) in [5.74, 6) is 2.52. The number of halogens is 1. The predicted molar refractivity (Wildman–Crippen MR) is 108 cm³/mol. The molecule has 3 N–H and O–H groups in total. The number of nitrogens with one attached hydrogen (secondary N) is 1. The van der Waals surface area contributed by atoms with E-state index in [1.807, 2.05) is 0 Å². The molecule has 0 aromatic carbocycles. The Kier molecular flexibility index (Phi) is 7.07. The van der Waals surface area contributed by atoms with Gasteiger partial charge in [-0.05, 0) is 69.1 Å². The van der Waals surface area contributed by atoms with E-state index in [4.69, 9.17) is 5.73 Å². The average Bonchev–Trinajstić information content (AvgIpc) is 3.35. The molecule has 2 amide bonds. The summed E-state index contributed by atoms with van der Waals surface area (Å²) < 4.78 is 0. The molecule has 4 aliphatic rings. The molecule has 0 bridgehead atoms. The number of hydrogen-bond donors (Lipinski definition) is 2. The third-order valence-corrected chi connectivity index (χ3v) is 7.61. The summed E-state index contributed by atoms with van der Waals surface area (Å²) >= 11 is 0. The Bertz CT molecular complexity index is 530. The highest BCUT2D eigenvalue weighted by atomic mass is 35.5. The van der Waals surface area contributed by atoms with Crippen LogP contribution in [0.2, 0.25) is 0 Å². The monoisotopic (exact) mass is 397 g/mol. The number of likely N-dealkylation sites (tertiary alicyclic amines) is 1. The molecule has 4 rings (SSSR count). The van der Waals surface area contributed by atoms with E-state index in [1.54, 1.807) is 0 Å². The van der Waals surface area contributed by atoms with Crippen LogP contribution in [0.25, 0.3) is 0 Å². The normalized spacial score (nSPS) is 36.3. The third kappa shape index (κ3) is 4.79. The first-order valence-electron chi connectivity index (χ1n) is 10.9. The number of nitrogens with two attached hydrogens (primary N) is 1. The highest BCUT2D eigenvalue weighted by Crippen LogP contribution is 2.38. The zero-order valence-electron chi connectivity index (χ0n) is 16.4. The summed E-state index contributed by atoms with van der Waals surface area (Å²) in [6.45, 7) is 1.80. The molecule has 6 heteroatoms. The second-order valence-electron chi connectivity index (χ2n) is 9.38. The molecule has 27 heavy (non-hydrogen) atoms. The van der Waals surface area contributed by atoms with Gasteiger partial charge >= 0.3 is 0 Å². The molecule has 3 saturated carbocycles. The third-order valence-electron chi connectivity index (χ3n) is 7.61. The first-order valence-corrected chi connectivity index (χ1v) is 10.9. The van der Waals surface area contributed by atoms with E-state index in [0.29, 0.717) is 36.1 Å². The van der Waals surface area contributed by atoms with Crippen molar-refractivity contribution in [2.75, 3.05) is 13.1 Å². The van der Waals surface area contributed by atoms with E-state index in [-0.39, 0.29) is 30.3 Å². The summed E-state index contributed by atoms with van der Waals surface area (Å²) in [6.07, 6.45) is 11.8. The number of amides is 2. The Balaban J connectivity index is 0.00000210. The minimum Gasteiger partial charge on any atom is -0.353 e. The van der Waals surface area contributed by atoms with Crippen LogP contribution in [0.4, 0.5) is 0 Å². The van der Waals surface area contributed by atoms with Crippen molar-refractivity contribution >= 4 is 24.2 Å². The van der Waals surface area contributed by atoms with Gasteiger partial charge in [0, 0.05) is 37.5 Å². The van der Waals surface area contributed by atoms with Gasteiger partial charge < -0.3 is 16.0 Å². The topological polar surface area (TPSA) is 75.4 Å². The number of rotatable bonds is 4. The van der Waals surface area contributed by atoms with Crippen LogP contribution in [0.3, 0.4) is 0 Å². The maximum Gasteiger partial charge on any atom is 0.225 e. The van der Waals surface area contributed by atoms with Gasteiger partial charge in [0.2, 0.25) is 11.8 Å². The van der Waals surface area contributed by atoms with Gasteiger partial charge in [-0.2, -0.15) is 0 Å². The quantitative estimate of drug-likeness (QED) is 0.765. The molecular weight excluding hydrogens is 362 g/mol. The van der Waals surface area contributed by atoms with Gasteiger partial charge in [0.15, 0.2) is 0 Å². The number of hydrogen-bond acceptors (Lipinski definition) is 3. The molecule has 0 aromatic heterocycles. The largest absolute Gasteiger partial charge is 0.353 e. The lowest BCUT2D eigenvalue weighted by Crippen LogP contribution is -2.42. The van der Waals surface area contributed by atoms with Crippen molar-refractivity contribution in [2.45, 2.75) is 82.7 Å². The van der Waals surface area contributed by atoms with Gasteiger partial charge in [-0.15, -0.1) is 12.4 Å². The van der Waals surface area contributed by atoms with Gasteiger partial charge in [-0.3, -0.25) is 9.59 Å². The van der Waals surface area contributed by atoms with Crippen molar-refractivity contribution in [3.8, 4) is 0 Å². The van der Waals surface area contributed by atoms with E-state index < -0.39 is 0 Å². The van der Waals surface area contributed by atoms with Crippen molar-refractivity contribution in [1.82, 2.24) is 10.2 Å². The van der Waals surface area contributed by atoms with Gasteiger partial charge in [0.25, 0.3) is 0 Å². The van der Waals surface area contributed by atoms with E-state index in [9.17, 15) is 9.59 Å². The lowest BCUT2D eigenvalue weighted by molar-refractivity contribution is -0.136. The minimum atomic E-state index is 0. The first-order chi connectivity index (χ1) is 12.6. The van der Waals surface area contributed by atoms with Crippen molar-refractivity contribution < 1.29 is 9.59 Å². The number of fused-ring (bicyclic) bond motifs is 1. The molecule has 1 saturated heterocycles. The molecule has 3 atom stereocenters. The standard InChI is InChI=1S/C21H35N3O2.ClH/c22-19-10-7-16-12-24(13-18(16)19)21(26)15-5-8-17(9-6-15)23-20(25)11-14-3-1-2-4-14;/h14-19H,1-13,22H2,(H,23,25);1H. The Hall–Kier alpha value is -0.810. The fourth-order valence-electron chi connectivity index (χ4n) is 5.99. The summed E-state index contributed by atoms with van der Waals surface area (Å²) in [4.78, 5) is 27.2. The Morgan fingerprint density at radius 2 is 1.63 bits per heavy atom. The fourth-order valence-corrected chi connectivity index (χ4v) is 5.99. The van der Waals surface area contributed by atoms with Crippen LogP contribution in [0.15, 0.2) is 0 Å². The molecule has 3 unspecified atom stereocenters. The van der Waals surface area contributed by atoms with Crippen LogP contribution in [-0.4, -0.2) is 41.9 Å². The highest BCUT2D eigenvalue weighted by Gasteiger charge is 2.43. The summed E-state index contributed by atoms with van der Waals surface area (Å²) in [7, 11) is 0. The minimum absolute atomic E-state index is 0. The van der Waals surface area contributed by atoms with E-state index in [1.165, 1.54) is 32.1 Å². The second-order valence-corrected chi connectivity index (χ2v) is 9.38. The Morgan fingerprint density at radius 1 is 0.926 bits per heavy atom. The molecule has 1 heterocycles. The fraction of sp³-hybridized carbons (Fsp3) is 0.905. The molecule has 0 spiro atoms. The van der Waals surface area contributed by atoms with Crippen molar-refractivity contribution in [1.29, 1.82) is 0 Å². The molecule has 0 radical (unpaired) electrons. The highest BCUT2D eigenvalue weighted by molar-refractivity contribution is 5.85. The Labute approximate surface area is 169 Å². The predicted octanol–water partition coefficient (Wildman–Crippen LogP) is 2.86. The average molecular weight is 398 g/mol. The van der Waals surface area contributed by atoms with Crippen LogP contribution in [0.5, 0.6) is 0 Å². The van der Waals surface area contributed by atoms with Gasteiger partial charge in [0.05, 0.1) is 0 Å². The maximum atomic E-state index is 12.9. The SMILES string of the molecule is Cl.NC1CCC2CN(C(=O)C3CCC(NC(=O)CC4CCCC4)CC3)CC12. The second kappa shape index (κ2) is 9.13. The van der Waals surface area contributed by atoms with Crippen LogP contribution < -0.4 is 11.1 Å². The van der Waals surface area contributed by atoms with Gasteiger partial charge in [0.1, 0.15) is 0 Å².